The molecule has 1 unspecified atom stereocenters. The van der Waals surface area contributed by atoms with Gasteiger partial charge in [0.25, 0.3) is 0 Å². The molecule has 11 heavy (non-hydrogen) atoms. The van der Waals surface area contributed by atoms with Crippen molar-refractivity contribution in [3.05, 3.63) is 0 Å². The number of hydrogen-bond acceptors (Lipinski definition) is 4. The van der Waals surface area contributed by atoms with Gasteiger partial charge in [0, 0.05) is 11.5 Å². The molecule has 2 atom stereocenters. The first-order chi connectivity index (χ1) is 5.34. The van der Waals surface area contributed by atoms with E-state index < -0.39 is 0 Å². The van der Waals surface area contributed by atoms with Crippen LogP contribution in [-0.2, 0) is 4.74 Å². The first-order valence-electron chi connectivity index (χ1n) is 3.32. The molecule has 0 aromatic rings. The molecule has 1 rings (SSSR count). The molecule has 0 radical (unpaired) electrons. The van der Waals surface area contributed by atoms with Gasteiger partial charge in [0.2, 0.25) is 0 Å². The fraction of sp³-hybridized carbons (Fsp3) is 0.714. The smallest absolute Gasteiger partial charge is 0.108 e. The monoisotopic (exact) mass is 190 g/mol. The van der Waals surface area contributed by atoms with Crippen molar-refractivity contribution in [2.24, 2.45) is 0 Å². The lowest BCUT2D eigenvalue weighted by molar-refractivity contribution is 0.000827. The summed E-state index contributed by atoms with van der Waals surface area (Å²) in [7, 11) is 3.40. The van der Waals surface area contributed by atoms with Gasteiger partial charge in [-0.2, -0.15) is 0 Å². The van der Waals surface area contributed by atoms with E-state index in [4.69, 9.17) is 11.2 Å². The van der Waals surface area contributed by atoms with Crippen molar-refractivity contribution in [2.75, 3.05) is 18.1 Å². The molecule has 0 aromatic heterocycles. The Morgan fingerprint density at radius 2 is 2.27 bits per heavy atom. The van der Waals surface area contributed by atoms with Crippen LogP contribution in [0.3, 0.4) is 0 Å². The molecule has 62 valence electrons. The second kappa shape index (κ2) is 4.94. The summed E-state index contributed by atoms with van der Waals surface area (Å²) in [5.41, 5.74) is 0. The van der Waals surface area contributed by atoms with Crippen LogP contribution in [0.4, 0.5) is 0 Å². The molecule has 0 saturated carbocycles. The minimum Gasteiger partial charge on any atom is -0.389 e. The van der Waals surface area contributed by atoms with Crippen molar-refractivity contribution in [1.29, 1.82) is 0 Å². The first kappa shape index (κ1) is 9.27. The standard InChI is InChI=1S/C7H10O2S2/c1-2-3-9-7-5-11-10-4-6(7)8/h1,6-8H,3-5H2/t6?,7-/m1/s1. The van der Waals surface area contributed by atoms with E-state index in [1.165, 1.54) is 0 Å². The molecule has 1 fully saturated rings. The van der Waals surface area contributed by atoms with Gasteiger partial charge >= 0.3 is 0 Å². The minimum atomic E-state index is -0.352. The Balaban J connectivity index is 2.25. The van der Waals surface area contributed by atoms with Crippen LogP contribution in [0.1, 0.15) is 0 Å². The molecule has 0 amide bonds. The topological polar surface area (TPSA) is 29.5 Å². The quantitative estimate of drug-likeness (QED) is 0.514. The number of aliphatic hydroxyl groups is 1. The average Bonchev–Trinajstić information content (AvgIpc) is 2.03. The Kier molecular flexibility index (Phi) is 4.16. The maximum absolute atomic E-state index is 9.37. The molecule has 0 aliphatic carbocycles. The molecule has 1 aliphatic heterocycles. The van der Waals surface area contributed by atoms with E-state index in [0.717, 1.165) is 11.5 Å². The van der Waals surface area contributed by atoms with Crippen LogP contribution in [-0.4, -0.2) is 35.4 Å². The van der Waals surface area contributed by atoms with Crippen molar-refractivity contribution in [2.45, 2.75) is 12.2 Å². The normalized spacial score (nSPS) is 31.3. The summed E-state index contributed by atoms with van der Waals surface area (Å²) < 4.78 is 5.22. The summed E-state index contributed by atoms with van der Waals surface area (Å²) in [5, 5.41) is 9.37. The van der Waals surface area contributed by atoms with Gasteiger partial charge in [-0.3, -0.25) is 0 Å². The van der Waals surface area contributed by atoms with Crippen molar-refractivity contribution in [3.63, 3.8) is 0 Å². The Morgan fingerprint density at radius 1 is 1.55 bits per heavy atom. The Hall–Kier alpha value is 0.180. The molecule has 1 saturated heterocycles. The Labute approximate surface area is 74.5 Å². The zero-order valence-electron chi connectivity index (χ0n) is 6.03. The van der Waals surface area contributed by atoms with Gasteiger partial charge < -0.3 is 9.84 Å². The number of hydrogen-bond donors (Lipinski definition) is 1. The van der Waals surface area contributed by atoms with Crippen LogP contribution in [0.25, 0.3) is 0 Å². The van der Waals surface area contributed by atoms with Gasteiger partial charge in [0.1, 0.15) is 6.61 Å². The third kappa shape index (κ3) is 2.96. The van der Waals surface area contributed by atoms with Crippen molar-refractivity contribution >= 4 is 21.6 Å². The fourth-order valence-corrected chi connectivity index (χ4v) is 3.16. The molecule has 0 bridgehead atoms. The van der Waals surface area contributed by atoms with Crippen molar-refractivity contribution in [1.82, 2.24) is 0 Å². The molecule has 0 spiro atoms. The van der Waals surface area contributed by atoms with Gasteiger partial charge in [0.05, 0.1) is 12.2 Å². The maximum Gasteiger partial charge on any atom is 0.108 e. The van der Waals surface area contributed by atoms with E-state index >= 15 is 0 Å². The largest absolute Gasteiger partial charge is 0.389 e. The number of terminal acetylenes is 1. The van der Waals surface area contributed by atoms with Gasteiger partial charge in [-0.1, -0.05) is 27.5 Å². The summed E-state index contributed by atoms with van der Waals surface area (Å²) in [4.78, 5) is 0. The third-order valence-corrected chi connectivity index (χ3v) is 3.79. The Morgan fingerprint density at radius 3 is 2.91 bits per heavy atom. The second-order valence-corrected chi connectivity index (χ2v) is 4.74. The molecule has 1 aliphatic rings. The summed E-state index contributed by atoms with van der Waals surface area (Å²) in [6.45, 7) is 0.299. The predicted molar refractivity (Wildman–Crippen MR) is 49.5 cm³/mol. The molecule has 0 aromatic carbocycles. The van der Waals surface area contributed by atoms with E-state index in [1.807, 2.05) is 0 Å². The van der Waals surface area contributed by atoms with E-state index in [2.05, 4.69) is 5.92 Å². The molecule has 2 nitrogen and oxygen atoms in total. The highest BCUT2D eigenvalue weighted by Gasteiger charge is 2.24. The van der Waals surface area contributed by atoms with E-state index in [0.29, 0.717) is 6.61 Å². The van der Waals surface area contributed by atoms with Crippen LogP contribution in [0.5, 0.6) is 0 Å². The maximum atomic E-state index is 9.37. The SMILES string of the molecule is C#CCO[C@@H]1CSSCC1O. The van der Waals surface area contributed by atoms with E-state index in [1.54, 1.807) is 21.6 Å². The average molecular weight is 190 g/mol. The number of rotatable bonds is 2. The highest BCUT2D eigenvalue weighted by molar-refractivity contribution is 8.76. The zero-order valence-corrected chi connectivity index (χ0v) is 7.66. The zero-order chi connectivity index (χ0) is 8.10. The predicted octanol–water partition coefficient (Wildman–Crippen LogP) is 0.761. The van der Waals surface area contributed by atoms with Gasteiger partial charge in [-0.15, -0.1) is 6.42 Å². The Bertz CT molecular complexity index is 155. The van der Waals surface area contributed by atoms with Crippen molar-refractivity contribution < 1.29 is 9.84 Å². The van der Waals surface area contributed by atoms with Crippen LogP contribution < -0.4 is 0 Å². The van der Waals surface area contributed by atoms with E-state index in [9.17, 15) is 5.11 Å². The van der Waals surface area contributed by atoms with Crippen LogP contribution in [0.15, 0.2) is 0 Å². The lowest BCUT2D eigenvalue weighted by Crippen LogP contribution is -2.35. The molecular formula is C7H10O2S2. The lowest BCUT2D eigenvalue weighted by Gasteiger charge is -2.25. The summed E-state index contributed by atoms with van der Waals surface area (Å²) >= 11 is 0. The summed E-state index contributed by atoms with van der Waals surface area (Å²) in [6.07, 6.45) is 4.60. The number of aliphatic hydroxyl groups excluding tert-OH is 1. The minimum absolute atomic E-state index is 0.0719. The van der Waals surface area contributed by atoms with Crippen LogP contribution >= 0.6 is 21.6 Å². The summed E-state index contributed by atoms with van der Waals surface area (Å²) in [6, 6.07) is 0. The van der Waals surface area contributed by atoms with Crippen LogP contribution in [0, 0.1) is 12.3 Å². The molecule has 1 N–H and O–H groups in total. The van der Waals surface area contributed by atoms with Crippen LogP contribution in [0.2, 0.25) is 0 Å². The van der Waals surface area contributed by atoms with Gasteiger partial charge in [-0.25, -0.2) is 0 Å². The highest BCUT2D eigenvalue weighted by Crippen LogP contribution is 2.30. The number of ether oxygens (including phenoxy) is 1. The summed E-state index contributed by atoms with van der Waals surface area (Å²) in [5.74, 6) is 3.95. The molecular weight excluding hydrogens is 180 g/mol. The fourth-order valence-electron chi connectivity index (χ4n) is 0.766. The highest BCUT2D eigenvalue weighted by atomic mass is 33.1. The first-order valence-corrected chi connectivity index (χ1v) is 5.81. The molecule has 4 heteroatoms. The lowest BCUT2D eigenvalue weighted by atomic mass is 10.2. The third-order valence-electron chi connectivity index (χ3n) is 1.36. The molecule has 1 heterocycles. The second-order valence-electron chi connectivity index (χ2n) is 2.19. The van der Waals surface area contributed by atoms with E-state index in [-0.39, 0.29) is 12.2 Å². The van der Waals surface area contributed by atoms with Gasteiger partial charge in [-0.05, 0) is 0 Å². The van der Waals surface area contributed by atoms with Crippen molar-refractivity contribution in [3.8, 4) is 12.3 Å². The van der Waals surface area contributed by atoms with Gasteiger partial charge in [0.15, 0.2) is 0 Å².